The van der Waals surface area contributed by atoms with Crippen LogP contribution < -0.4 is 16.6 Å². The Morgan fingerprint density at radius 3 is 2.62 bits per heavy atom. The molecule has 0 spiro atoms. The van der Waals surface area contributed by atoms with Crippen molar-refractivity contribution >= 4 is 34.1 Å². The van der Waals surface area contributed by atoms with E-state index in [0.717, 1.165) is 27.9 Å². The molecule has 1 atom stereocenters. The quantitative estimate of drug-likeness (QED) is 0.388. The lowest BCUT2D eigenvalue weighted by atomic mass is 10.1. The number of aryl methyl sites for hydroxylation is 1. The molecule has 0 amide bonds. The number of nitrogen functional groups attached to an aromatic ring is 1. The molecule has 0 saturated heterocycles. The molecule has 0 bridgehead atoms. The number of pyridine rings is 1. The molecule has 0 fully saturated rings. The van der Waals surface area contributed by atoms with Crippen LogP contribution in [0.25, 0.3) is 27.6 Å². The van der Waals surface area contributed by atoms with Gasteiger partial charge >= 0.3 is 0 Å². The van der Waals surface area contributed by atoms with Gasteiger partial charge in [0, 0.05) is 41.9 Å². The monoisotopic (exact) mass is 471 g/mol. The number of hydrogen-bond acceptors (Lipinski definition) is 6. The lowest BCUT2D eigenvalue weighted by Crippen LogP contribution is -2.26. The molecule has 34 heavy (non-hydrogen) atoms. The molecule has 0 radical (unpaired) electrons. The Morgan fingerprint density at radius 2 is 1.88 bits per heavy atom. The second-order valence-corrected chi connectivity index (χ2v) is 8.42. The lowest BCUT2D eigenvalue weighted by Gasteiger charge is -2.22. The summed E-state index contributed by atoms with van der Waals surface area (Å²) >= 11 is 6.42. The molecule has 8 nitrogen and oxygen atoms in total. The van der Waals surface area contributed by atoms with Crippen molar-refractivity contribution < 1.29 is 0 Å². The largest absolute Gasteiger partial charge is 0.368 e. The van der Waals surface area contributed by atoms with Crippen molar-refractivity contribution in [2.75, 3.05) is 11.1 Å². The van der Waals surface area contributed by atoms with Crippen LogP contribution in [0.4, 0.5) is 11.8 Å². The van der Waals surface area contributed by atoms with Crippen molar-refractivity contribution in [3.05, 3.63) is 94.3 Å². The number of rotatable bonds is 5. The number of nitrogens with two attached hydrogens (primary N) is 1. The number of nitrogens with zero attached hydrogens (tertiary/aromatic N) is 5. The van der Waals surface area contributed by atoms with Crippen molar-refractivity contribution in [3.8, 4) is 16.8 Å². The number of hydrogen-bond donors (Lipinski definition) is 2. The van der Waals surface area contributed by atoms with E-state index in [-0.39, 0.29) is 17.5 Å². The summed E-state index contributed by atoms with van der Waals surface area (Å²) < 4.78 is 3.39. The first-order valence-electron chi connectivity index (χ1n) is 10.7. The van der Waals surface area contributed by atoms with E-state index in [1.54, 1.807) is 27.7 Å². The molecule has 5 aromatic rings. The van der Waals surface area contributed by atoms with Gasteiger partial charge in [-0.2, -0.15) is 10.1 Å². The van der Waals surface area contributed by atoms with Crippen LogP contribution in [0.5, 0.6) is 0 Å². The normalized spacial score (nSPS) is 12.1. The first-order chi connectivity index (χ1) is 16.4. The summed E-state index contributed by atoms with van der Waals surface area (Å²) in [6, 6.07) is 16.6. The Labute approximate surface area is 200 Å². The van der Waals surface area contributed by atoms with Crippen molar-refractivity contribution in [3.63, 3.8) is 0 Å². The summed E-state index contributed by atoms with van der Waals surface area (Å²) in [5.74, 6) is 0.694. The molecule has 1 unspecified atom stereocenters. The maximum Gasteiger partial charge on any atom is 0.264 e. The fraction of sp³-hybridized carbons (Fsp3) is 0.120. The minimum Gasteiger partial charge on any atom is -0.368 e. The zero-order valence-corrected chi connectivity index (χ0v) is 19.4. The van der Waals surface area contributed by atoms with Crippen LogP contribution >= 0.6 is 11.6 Å². The van der Waals surface area contributed by atoms with Crippen LogP contribution in [0.2, 0.25) is 5.02 Å². The highest BCUT2D eigenvalue weighted by molar-refractivity contribution is 6.35. The molecular weight excluding hydrogens is 450 g/mol. The highest BCUT2D eigenvalue weighted by Crippen LogP contribution is 2.31. The van der Waals surface area contributed by atoms with Gasteiger partial charge in [0.2, 0.25) is 5.95 Å². The van der Waals surface area contributed by atoms with Crippen LogP contribution in [0.1, 0.15) is 18.7 Å². The molecule has 3 aromatic heterocycles. The molecule has 170 valence electrons. The van der Waals surface area contributed by atoms with Gasteiger partial charge in [0.15, 0.2) is 0 Å². The highest BCUT2D eigenvalue weighted by atomic mass is 35.5. The number of para-hydroxylation sites is 1. The van der Waals surface area contributed by atoms with Gasteiger partial charge in [-0.25, -0.2) is 4.98 Å². The number of benzene rings is 2. The van der Waals surface area contributed by atoms with E-state index in [1.165, 1.54) is 0 Å². The zero-order chi connectivity index (χ0) is 23.8. The summed E-state index contributed by atoms with van der Waals surface area (Å²) in [7, 11) is 1.84. The molecule has 3 N–H and O–H groups in total. The van der Waals surface area contributed by atoms with E-state index in [9.17, 15) is 4.79 Å². The molecule has 2 aromatic carbocycles. The second kappa shape index (κ2) is 8.64. The molecule has 3 heterocycles. The molecule has 0 aliphatic carbocycles. The van der Waals surface area contributed by atoms with Gasteiger partial charge in [-0.3, -0.25) is 14.0 Å². The van der Waals surface area contributed by atoms with Crippen molar-refractivity contribution in [2.45, 2.75) is 13.0 Å². The second-order valence-electron chi connectivity index (χ2n) is 8.01. The van der Waals surface area contributed by atoms with Crippen molar-refractivity contribution in [1.82, 2.24) is 24.3 Å². The van der Waals surface area contributed by atoms with Gasteiger partial charge < -0.3 is 11.1 Å². The van der Waals surface area contributed by atoms with Crippen LogP contribution in [0, 0.1) is 0 Å². The summed E-state index contributed by atoms with van der Waals surface area (Å²) in [5, 5.41) is 9.34. The number of halogens is 1. The molecule has 0 saturated carbocycles. The minimum absolute atomic E-state index is 0.146. The number of anilines is 2. The van der Waals surface area contributed by atoms with Crippen LogP contribution in [-0.2, 0) is 7.05 Å². The third-order valence-corrected chi connectivity index (χ3v) is 5.97. The predicted molar refractivity (Wildman–Crippen MR) is 135 cm³/mol. The highest BCUT2D eigenvalue weighted by Gasteiger charge is 2.20. The van der Waals surface area contributed by atoms with Gasteiger partial charge in [-0.1, -0.05) is 41.9 Å². The summed E-state index contributed by atoms with van der Waals surface area (Å²) in [4.78, 5) is 22.3. The number of fused-ring (bicyclic) bond motifs is 1. The van der Waals surface area contributed by atoms with Crippen molar-refractivity contribution in [1.29, 1.82) is 0 Å². The molecular formula is C25H22ClN7O. The Balaban J connectivity index is 1.67. The van der Waals surface area contributed by atoms with E-state index in [2.05, 4.69) is 20.4 Å². The maximum atomic E-state index is 13.7. The Bertz CT molecular complexity index is 1560. The van der Waals surface area contributed by atoms with Gasteiger partial charge in [0.25, 0.3) is 5.56 Å². The number of nitrogens with one attached hydrogen (secondary N) is 1. The summed E-state index contributed by atoms with van der Waals surface area (Å²) in [5.41, 5.74) is 8.82. The predicted octanol–water partition coefficient (Wildman–Crippen LogP) is 4.59. The minimum atomic E-state index is -0.319. The fourth-order valence-corrected chi connectivity index (χ4v) is 4.32. The number of aromatic nitrogens is 5. The Hall–Kier alpha value is -4.17. The van der Waals surface area contributed by atoms with E-state index in [0.29, 0.717) is 16.2 Å². The van der Waals surface area contributed by atoms with Crippen LogP contribution in [-0.4, -0.2) is 24.3 Å². The first kappa shape index (κ1) is 21.7. The smallest absolute Gasteiger partial charge is 0.264 e. The van der Waals surface area contributed by atoms with Crippen LogP contribution in [0.3, 0.4) is 0 Å². The summed E-state index contributed by atoms with van der Waals surface area (Å²) in [6.07, 6.45) is 5.28. The fourth-order valence-electron chi connectivity index (χ4n) is 4.06. The van der Waals surface area contributed by atoms with E-state index in [1.807, 2.05) is 68.7 Å². The third-order valence-electron chi connectivity index (χ3n) is 5.66. The van der Waals surface area contributed by atoms with Gasteiger partial charge in [-0.05, 0) is 36.6 Å². The van der Waals surface area contributed by atoms with Crippen LogP contribution in [0.15, 0.2) is 78.0 Å². The average molecular weight is 472 g/mol. The average Bonchev–Trinajstić information content (AvgIpc) is 3.25. The van der Waals surface area contributed by atoms with Crippen molar-refractivity contribution in [2.24, 2.45) is 7.05 Å². The molecule has 0 aliphatic rings. The Kier molecular flexibility index (Phi) is 5.51. The lowest BCUT2D eigenvalue weighted by molar-refractivity contribution is 0.768. The zero-order valence-electron chi connectivity index (χ0n) is 18.6. The van der Waals surface area contributed by atoms with E-state index >= 15 is 0 Å². The maximum absolute atomic E-state index is 13.7. The molecule has 5 rings (SSSR count). The van der Waals surface area contributed by atoms with E-state index < -0.39 is 0 Å². The van der Waals surface area contributed by atoms with Gasteiger partial charge in [0.1, 0.15) is 5.82 Å². The van der Waals surface area contributed by atoms with Gasteiger partial charge in [0.05, 0.1) is 22.6 Å². The topological polar surface area (TPSA) is 104 Å². The SMILES string of the molecule is CC(Nc1nc(N)ncc1-c1cnn(C)c1)c1cc2cccc(Cl)c2c(=O)n1-c1ccccc1. The first-order valence-corrected chi connectivity index (χ1v) is 11.1. The third kappa shape index (κ3) is 3.88. The van der Waals surface area contributed by atoms with Gasteiger partial charge in [-0.15, -0.1) is 0 Å². The Morgan fingerprint density at radius 1 is 1.09 bits per heavy atom. The molecule has 0 aliphatic heterocycles. The van der Waals surface area contributed by atoms with E-state index in [4.69, 9.17) is 17.3 Å². The standard InChI is InChI=1S/C25H22ClN7O/c1-15(30-23-19(13-28-25(27)31-23)17-12-29-32(2)14-17)21-11-16-7-6-10-20(26)22(16)24(34)33(21)18-8-4-3-5-9-18/h3-15H,1-2H3,(H3,27,28,30,31). The summed E-state index contributed by atoms with van der Waals surface area (Å²) in [6.45, 7) is 1.97. The molecule has 9 heteroatoms.